The Morgan fingerprint density at radius 2 is 1.97 bits per heavy atom. The van der Waals surface area contributed by atoms with E-state index in [9.17, 15) is 22.0 Å². The quantitative estimate of drug-likeness (QED) is 0.606. The van der Waals surface area contributed by atoms with Crippen LogP contribution in [0, 0.1) is 0 Å². The first-order valence-electron chi connectivity index (χ1n) is 10.2. The van der Waals surface area contributed by atoms with Crippen molar-refractivity contribution in [3.8, 4) is 0 Å². The number of fused-ring (bicyclic) bond motifs is 2. The van der Waals surface area contributed by atoms with Crippen molar-refractivity contribution in [1.82, 2.24) is 14.9 Å². The molecule has 1 N–H and O–H groups in total. The van der Waals surface area contributed by atoms with E-state index in [1.54, 1.807) is 49.4 Å². The normalized spacial score (nSPS) is 17.1. The van der Waals surface area contributed by atoms with Gasteiger partial charge in [-0.05, 0) is 49.2 Å². The van der Waals surface area contributed by atoms with Gasteiger partial charge in [-0.3, -0.25) is 13.7 Å². The van der Waals surface area contributed by atoms with Gasteiger partial charge in [0.25, 0.3) is 5.91 Å². The van der Waals surface area contributed by atoms with Crippen molar-refractivity contribution in [2.45, 2.75) is 38.8 Å². The Bertz CT molecular complexity index is 1290. The summed E-state index contributed by atoms with van der Waals surface area (Å²) in [4.78, 5) is 17.1. The fourth-order valence-electron chi connectivity index (χ4n) is 4.30. The number of para-hydroxylation sites is 2. The van der Waals surface area contributed by atoms with Crippen molar-refractivity contribution in [3.05, 3.63) is 59.4 Å². The summed E-state index contributed by atoms with van der Waals surface area (Å²) in [5, 5.41) is 2.78. The molecule has 10 heteroatoms. The lowest BCUT2D eigenvalue weighted by Crippen LogP contribution is -2.34. The minimum Gasteiger partial charge on any atom is -0.351 e. The third-order valence-corrected chi connectivity index (χ3v) is 6.95. The zero-order valence-corrected chi connectivity index (χ0v) is 18.7. The molecule has 7 nitrogen and oxygen atoms in total. The number of nitrogens with zero attached hydrogens (tertiary/aromatic N) is 3. The van der Waals surface area contributed by atoms with Crippen LogP contribution in [0.2, 0.25) is 0 Å². The van der Waals surface area contributed by atoms with Gasteiger partial charge in [0.1, 0.15) is 5.82 Å². The first kappa shape index (κ1) is 22.2. The van der Waals surface area contributed by atoms with E-state index in [2.05, 4.69) is 10.3 Å². The summed E-state index contributed by atoms with van der Waals surface area (Å²) in [5.74, 6) is -0.603. The van der Waals surface area contributed by atoms with Gasteiger partial charge in [-0.1, -0.05) is 19.1 Å². The highest BCUT2D eigenvalue weighted by atomic mass is 32.2. The van der Waals surface area contributed by atoms with Crippen molar-refractivity contribution in [3.63, 3.8) is 0 Å². The lowest BCUT2D eigenvalue weighted by molar-refractivity contribution is 0.0704. The molecule has 0 saturated heterocycles. The zero-order chi connectivity index (χ0) is 23.2. The van der Waals surface area contributed by atoms with Crippen LogP contribution >= 0.6 is 0 Å². The molecule has 1 aromatic heterocycles. The average Bonchev–Trinajstić information content (AvgIpc) is 3.27. The van der Waals surface area contributed by atoms with E-state index >= 15 is 0 Å². The summed E-state index contributed by atoms with van der Waals surface area (Å²) in [6.45, 7) is 0.927. The number of hydrogen-bond acceptors (Lipinski definition) is 4. The highest BCUT2D eigenvalue weighted by Gasteiger charge is 2.33. The molecule has 32 heavy (non-hydrogen) atoms. The van der Waals surface area contributed by atoms with Crippen LogP contribution in [0.3, 0.4) is 0 Å². The van der Waals surface area contributed by atoms with Crippen molar-refractivity contribution in [1.29, 1.82) is 0 Å². The van der Waals surface area contributed by atoms with E-state index in [0.29, 0.717) is 28.7 Å². The molecule has 1 aliphatic rings. The number of benzene rings is 2. The molecule has 1 amide bonds. The van der Waals surface area contributed by atoms with Crippen LogP contribution in [0.1, 0.15) is 48.1 Å². The Morgan fingerprint density at radius 1 is 1.25 bits per heavy atom. The molecule has 2 heterocycles. The lowest BCUT2D eigenvalue weighted by Gasteiger charge is -2.22. The molecule has 0 unspecified atom stereocenters. The summed E-state index contributed by atoms with van der Waals surface area (Å²) >= 11 is 0. The molecule has 4 rings (SSSR count). The maximum atomic E-state index is 13.7. The Kier molecular flexibility index (Phi) is 5.66. The van der Waals surface area contributed by atoms with E-state index < -0.39 is 22.5 Å². The molecule has 0 radical (unpaired) electrons. The van der Waals surface area contributed by atoms with Gasteiger partial charge in [0.15, 0.2) is 0 Å². The predicted octanol–water partition coefficient (Wildman–Crippen LogP) is 3.68. The number of rotatable bonds is 6. The van der Waals surface area contributed by atoms with Crippen LogP contribution in [-0.2, 0) is 16.4 Å². The number of sulfonamides is 1. The van der Waals surface area contributed by atoms with Crippen molar-refractivity contribution in [2.75, 3.05) is 17.1 Å². The molecule has 3 aromatic rings. The van der Waals surface area contributed by atoms with Crippen LogP contribution in [0.4, 0.5) is 14.5 Å². The molecular formula is C22H24F2N4O3S. The number of nitrogens with one attached hydrogen (secondary N) is 1. The average molecular weight is 463 g/mol. The number of amides is 1. The SMILES string of the molecule is C[C@H](CNC(=O)c1ccc2c(c1)C[C@H](C)N2S(C)(=O)=O)c1nc2ccccc2n1C(F)F. The molecule has 0 aliphatic carbocycles. The van der Waals surface area contributed by atoms with Crippen molar-refractivity contribution < 1.29 is 22.0 Å². The monoisotopic (exact) mass is 462 g/mol. The van der Waals surface area contributed by atoms with Gasteiger partial charge in [-0.25, -0.2) is 13.4 Å². The predicted molar refractivity (Wildman–Crippen MR) is 119 cm³/mol. The molecule has 2 aromatic carbocycles. The lowest BCUT2D eigenvalue weighted by atomic mass is 10.1. The van der Waals surface area contributed by atoms with Gasteiger partial charge in [0, 0.05) is 24.1 Å². The van der Waals surface area contributed by atoms with Crippen LogP contribution in [-0.4, -0.2) is 42.7 Å². The minimum absolute atomic E-state index is 0.123. The van der Waals surface area contributed by atoms with E-state index in [1.165, 1.54) is 4.31 Å². The van der Waals surface area contributed by atoms with E-state index in [0.717, 1.165) is 16.4 Å². The number of anilines is 1. The smallest absolute Gasteiger partial charge is 0.320 e. The summed E-state index contributed by atoms with van der Waals surface area (Å²) < 4.78 is 53.7. The minimum atomic E-state index is -3.41. The number of alkyl halides is 2. The molecule has 1 aliphatic heterocycles. The number of hydrogen-bond donors (Lipinski definition) is 1. The Balaban J connectivity index is 1.51. The largest absolute Gasteiger partial charge is 0.351 e. The second-order valence-electron chi connectivity index (χ2n) is 8.17. The molecule has 0 bridgehead atoms. The number of carbonyl (C=O) groups excluding carboxylic acids is 1. The highest BCUT2D eigenvalue weighted by molar-refractivity contribution is 7.92. The van der Waals surface area contributed by atoms with Gasteiger partial charge in [0.05, 0.1) is 23.0 Å². The molecule has 0 spiro atoms. The van der Waals surface area contributed by atoms with Gasteiger partial charge >= 0.3 is 6.55 Å². The van der Waals surface area contributed by atoms with E-state index in [4.69, 9.17) is 0 Å². The Morgan fingerprint density at radius 3 is 2.66 bits per heavy atom. The van der Waals surface area contributed by atoms with E-state index in [1.807, 2.05) is 6.92 Å². The third-order valence-electron chi connectivity index (χ3n) is 5.68. The molecule has 2 atom stereocenters. The molecule has 170 valence electrons. The Labute approximate surface area is 185 Å². The summed E-state index contributed by atoms with van der Waals surface area (Å²) in [7, 11) is -3.41. The van der Waals surface area contributed by atoms with Crippen molar-refractivity contribution >= 4 is 32.7 Å². The van der Waals surface area contributed by atoms with Gasteiger partial charge in [0.2, 0.25) is 10.0 Å². The fraction of sp³-hybridized carbons (Fsp3) is 0.364. The maximum absolute atomic E-state index is 13.7. The van der Waals surface area contributed by atoms with Crippen LogP contribution < -0.4 is 9.62 Å². The van der Waals surface area contributed by atoms with Crippen LogP contribution in [0.15, 0.2) is 42.5 Å². The molecular weight excluding hydrogens is 438 g/mol. The first-order chi connectivity index (χ1) is 15.1. The summed E-state index contributed by atoms with van der Waals surface area (Å²) in [5.41, 5.74) is 2.57. The van der Waals surface area contributed by atoms with Crippen LogP contribution in [0.5, 0.6) is 0 Å². The first-order valence-corrected chi connectivity index (χ1v) is 12.1. The second-order valence-corrected chi connectivity index (χ2v) is 10.0. The number of aromatic nitrogens is 2. The standard InChI is InChI=1S/C22H24F2N4O3S/c1-13(20-26-17-6-4-5-7-19(17)27(20)22(23)24)12-25-21(29)15-8-9-18-16(11-15)10-14(2)28(18)32(3,30)31/h4-9,11,13-14,22H,10,12H2,1-3H3,(H,25,29)/t13-,14+/m1/s1. The summed E-state index contributed by atoms with van der Waals surface area (Å²) in [6.07, 6.45) is 1.67. The molecule has 0 saturated carbocycles. The number of halogens is 2. The van der Waals surface area contributed by atoms with E-state index in [-0.39, 0.29) is 24.3 Å². The Hall–Kier alpha value is -3.01. The van der Waals surface area contributed by atoms with Crippen molar-refractivity contribution in [2.24, 2.45) is 0 Å². The van der Waals surface area contributed by atoms with Gasteiger partial charge < -0.3 is 5.32 Å². The number of imidazole rings is 1. The fourth-order valence-corrected chi connectivity index (χ4v) is 5.57. The summed E-state index contributed by atoms with van der Waals surface area (Å²) in [6, 6.07) is 11.4. The second kappa shape index (κ2) is 8.16. The third kappa shape index (κ3) is 3.94. The number of carbonyl (C=O) groups is 1. The topological polar surface area (TPSA) is 84.3 Å². The van der Waals surface area contributed by atoms with Crippen LogP contribution in [0.25, 0.3) is 11.0 Å². The maximum Gasteiger partial charge on any atom is 0.320 e. The highest BCUT2D eigenvalue weighted by Crippen LogP contribution is 2.34. The molecule has 0 fully saturated rings. The zero-order valence-electron chi connectivity index (χ0n) is 17.9. The van der Waals surface area contributed by atoms with Gasteiger partial charge in [-0.2, -0.15) is 8.78 Å². The van der Waals surface area contributed by atoms with Gasteiger partial charge in [-0.15, -0.1) is 0 Å².